The lowest BCUT2D eigenvalue weighted by atomic mass is 9.55. The Kier molecular flexibility index (Phi) is 29.0. The molecule has 0 aromatic heterocycles. The number of alkyl halides is 12. The topological polar surface area (TPSA) is 152 Å². The summed E-state index contributed by atoms with van der Waals surface area (Å²) >= 11 is 0. The number of benzene rings is 2. The van der Waals surface area contributed by atoms with E-state index in [1.54, 1.807) is 33.5 Å². The Bertz CT molecular complexity index is 4470. The molecule has 0 amide bonds. The third kappa shape index (κ3) is 27.0. The maximum absolute atomic E-state index is 14.7. The van der Waals surface area contributed by atoms with Gasteiger partial charge in [-0.05, 0) is 286 Å². The smallest absolute Gasteiger partial charge is 0.413 e. The number of aliphatic hydroxyl groups excluding tert-OH is 2. The van der Waals surface area contributed by atoms with Crippen molar-refractivity contribution >= 4 is 56.8 Å². The Morgan fingerprint density at radius 2 is 1.02 bits per heavy atom. The summed E-state index contributed by atoms with van der Waals surface area (Å²) in [4.78, 5) is 12.9. The van der Waals surface area contributed by atoms with Gasteiger partial charge in [0.15, 0.2) is 33.3 Å². The summed E-state index contributed by atoms with van der Waals surface area (Å²) in [5.74, 6) is -0.905. The highest BCUT2D eigenvalue weighted by Gasteiger charge is 2.72. The molecule has 0 radical (unpaired) electrons. The van der Waals surface area contributed by atoms with Crippen LogP contribution in [0.5, 0.6) is 0 Å². The first-order valence-corrected chi connectivity index (χ1v) is 58.0. The second-order valence-electron chi connectivity index (χ2n) is 42.1. The van der Waals surface area contributed by atoms with E-state index in [0.717, 1.165) is 59.1 Å². The lowest BCUT2D eigenvalue weighted by Crippen LogP contribution is -2.61. The van der Waals surface area contributed by atoms with Crippen LogP contribution in [0, 0.1) is 45.3 Å². The Balaban J connectivity index is 0.000000313. The molecule has 0 saturated heterocycles. The van der Waals surface area contributed by atoms with Gasteiger partial charge in [-0.15, -0.1) is 0 Å². The number of carbonyl (C=O) groups excluding carboxylic acids is 1. The number of Topliss-reactive ketones (excluding diaryl/α,β-unsaturated/α-hetero) is 1. The van der Waals surface area contributed by atoms with Crippen LogP contribution in [0.25, 0.3) is 0 Å². The zero-order valence-corrected chi connectivity index (χ0v) is 81.2. The number of halogens is 12. The van der Waals surface area contributed by atoms with E-state index >= 15 is 0 Å². The van der Waals surface area contributed by atoms with Gasteiger partial charge in [-0.3, -0.25) is 4.79 Å². The minimum Gasteiger partial charge on any atom is -0.413 e. The number of ketones is 1. The van der Waals surface area contributed by atoms with Crippen LogP contribution < -0.4 is 10.6 Å². The first-order valence-electron chi connectivity index (χ1n) is 49.5. The van der Waals surface area contributed by atoms with Crippen molar-refractivity contribution in [1.82, 2.24) is 0 Å². The van der Waals surface area contributed by atoms with Crippen LogP contribution in [0.3, 0.4) is 0 Å². The molecule has 0 heterocycles. The number of hydrogen-bond donors (Lipinski definition) is 4. The van der Waals surface area contributed by atoms with Crippen molar-refractivity contribution < 1.29 is 117 Å². The molecule has 10 nitrogen and oxygen atoms in total. The van der Waals surface area contributed by atoms with Crippen LogP contribution in [-0.4, -0.2) is 137 Å². The highest BCUT2D eigenvalue weighted by molar-refractivity contribution is 7.78. The van der Waals surface area contributed by atoms with E-state index in [4.69, 9.17) is 34.2 Å². The van der Waals surface area contributed by atoms with Crippen LogP contribution in [0.2, 0.25) is 75.5 Å². The molecule has 700 valence electrons. The van der Waals surface area contributed by atoms with Gasteiger partial charge in [-0.1, -0.05) is 192 Å². The van der Waals surface area contributed by atoms with E-state index in [0.29, 0.717) is 81.2 Å². The third-order valence-corrected chi connectivity index (χ3v) is 41.9. The van der Waals surface area contributed by atoms with Crippen molar-refractivity contribution in [3.63, 3.8) is 0 Å². The highest BCUT2D eigenvalue weighted by atomic mass is 31.2. The van der Waals surface area contributed by atoms with Crippen molar-refractivity contribution in [3.05, 3.63) is 144 Å². The molecule has 8 rings (SSSR count). The van der Waals surface area contributed by atoms with E-state index in [1.807, 2.05) is 86.7 Å². The quantitative estimate of drug-likeness (QED) is 0.0268. The number of allylic oxidation sites excluding steroid dienone is 6. The minimum absolute atomic E-state index is 0.0338. The molecule has 0 aliphatic heterocycles. The summed E-state index contributed by atoms with van der Waals surface area (Å²) in [5, 5.41) is 43.0. The van der Waals surface area contributed by atoms with Crippen molar-refractivity contribution in [1.29, 1.82) is 0 Å². The number of aliphatic hydroxyl groups is 4. The summed E-state index contributed by atoms with van der Waals surface area (Å²) in [5.41, 5.74) is -14.0. The van der Waals surface area contributed by atoms with E-state index in [1.165, 1.54) is 19.6 Å². The average molecular weight is 1850 g/mol. The molecule has 2 aromatic rings. The maximum Gasteiger partial charge on any atom is 0.429 e. The molecular formula is C96H151F12O10PSi4. The molecule has 4 N–H and O–H groups in total. The summed E-state index contributed by atoms with van der Waals surface area (Å²) in [6.07, 6.45) is -11.7. The average Bonchev–Trinajstić information content (AvgIpc) is 1.61. The van der Waals surface area contributed by atoms with Crippen LogP contribution in [-0.2, 0) is 27.1 Å². The summed E-state index contributed by atoms with van der Waals surface area (Å²) < 4.78 is 302. The zero-order valence-electron chi connectivity index (χ0n) is 88.3. The molecule has 0 spiro atoms. The normalized spacial score (nSPS) is 28.9. The maximum atomic E-state index is 14.7. The zero-order chi connectivity index (χ0) is 104. The van der Waals surface area contributed by atoms with Gasteiger partial charge < -0.3 is 42.7 Å². The fourth-order valence-corrected chi connectivity index (χ4v) is 27.3. The number of carbonyl (C=O) groups is 1. The van der Waals surface area contributed by atoms with Gasteiger partial charge in [0.25, 0.3) is 11.2 Å². The predicted octanol–water partition coefficient (Wildman–Crippen LogP) is 27.2. The number of hydrogen-bond acceptors (Lipinski definition) is 10. The van der Waals surface area contributed by atoms with Gasteiger partial charge in [0.2, 0.25) is 0 Å². The third-order valence-electron chi connectivity index (χ3n) is 28.0. The Hall–Kier alpha value is -3.77. The van der Waals surface area contributed by atoms with Gasteiger partial charge in [0.1, 0.15) is 12.9 Å². The van der Waals surface area contributed by atoms with Gasteiger partial charge in [-0.2, -0.15) is 52.7 Å². The van der Waals surface area contributed by atoms with Crippen LogP contribution in [0.4, 0.5) is 52.7 Å². The highest BCUT2D eigenvalue weighted by Crippen LogP contribution is 2.66. The monoisotopic (exact) mass is 1850 g/mol. The Morgan fingerprint density at radius 1 is 0.553 bits per heavy atom. The number of rotatable bonds is 29. The largest absolute Gasteiger partial charge is 0.429 e. The van der Waals surface area contributed by atoms with E-state index in [2.05, 4.69) is 87.0 Å². The van der Waals surface area contributed by atoms with E-state index in [-0.39, 0.29) is 109 Å². The lowest BCUT2D eigenvalue weighted by Gasteiger charge is -2.49. The van der Waals surface area contributed by atoms with Crippen LogP contribution >= 0.6 is 7.14 Å². The molecule has 6 saturated carbocycles. The molecule has 6 aliphatic carbocycles. The predicted molar refractivity (Wildman–Crippen MR) is 486 cm³/mol. The van der Waals surface area contributed by atoms with Gasteiger partial charge in [-0.25, -0.2) is 0 Å². The number of fused-ring (bicyclic) bond motifs is 2. The molecule has 0 bridgehead atoms. The standard InChI is InChI=1S/C33H48F6O4.C33H51O3PSi2.C30H52F6O3Si2/c1-21-23(19-24(40)20-26(21)41)11-10-22-9-6-17-30(5)25(22)12-13-27(30)29(4,15-7-14-28(2,3)42)16-8-18-31(43,32(34,35)36)33(37,38)39;1-26-27(22-23-37(34,29-18-14-12-15-19-29)30-20-16-13-17-21-30)24-28(35-38(8,9)32(2,3)4)25-31(26)36-39(10,11)33(5,6)7;1-25(2,38-40(5,6)7)17-12-18-26(3,24-16-15-22-23(37)14-11-20-27(22,24)4)19-13-21-28(29(31,32)33,30(34,35)36)39-41(8,9)10/h8,10-11,18,24-27,40-43H,1,6-7,9,12-17,19-20H2,2-5H3;12-22,28,31H,1,23-25H2,2-11H3;13,21-22,24H,11-12,14-20H2,1-10H3/b18-8+,22-10+,23-11-;27-22-;21-13+/t24-,25?,26+,27-,29?,30+;28-,31+;22?,24-,26?,27+/m111/s1/i2D3,3D3;;1D3,2D3. The fourth-order valence-electron chi connectivity index (χ4n) is 19.7. The molecule has 4 unspecified atom stereocenters. The van der Waals surface area contributed by atoms with Crippen molar-refractivity contribution in [2.45, 2.75) is 385 Å². The van der Waals surface area contributed by atoms with Crippen molar-refractivity contribution in [2.75, 3.05) is 6.16 Å². The molecule has 27 heteroatoms. The van der Waals surface area contributed by atoms with Gasteiger partial charge >= 0.3 is 24.7 Å². The Morgan fingerprint density at radius 3 is 1.48 bits per heavy atom. The molecule has 6 fully saturated rings. The molecule has 12 atom stereocenters. The molecule has 6 aliphatic rings. The SMILES string of the molecule is C=C1/C(=C\CP(=O)(c2ccccc2)c2ccccc2)C[C@@H](O[Si](C)(C)C(C)(C)C)C[C@@H]1O[Si](C)(C)C(C)(C)C.[2H]C([2H])([2H])C(CCCC(C)(C/C=C/C(O[Si](C)(C)C)(C(F)(F)F)C(F)(F)F)[C@H]1CCC2C(=O)CCC[C@@]21C)(O[Si](C)(C)C)C([2H])([2H])[2H].[2H]C([2H])([2H])C(O)(CCCC(C)(C/C=C/C(O)(C(F)(F)F)C(F)(F)F)[C@H]1CCC2/C(=C/C=C3/C[C@@H](O)C[C@H](O)C3=C)CCC[C@@]21C)C([2H])([2H])[2H]. The van der Waals surface area contributed by atoms with Crippen molar-refractivity contribution in [3.8, 4) is 0 Å². The summed E-state index contributed by atoms with van der Waals surface area (Å²) in [7, 11) is -13.1. The first kappa shape index (κ1) is 89.8. The van der Waals surface area contributed by atoms with Crippen LogP contribution in [0.1, 0.15) is 254 Å². The second-order valence-corrected chi connectivity index (χ2v) is 63.4. The van der Waals surface area contributed by atoms with E-state index < -0.39 is 162 Å². The second kappa shape index (κ2) is 39.7. The Labute approximate surface area is 750 Å². The molecular weight excluding hydrogens is 1680 g/mol. The molecule has 2 aromatic carbocycles. The van der Waals surface area contributed by atoms with Crippen molar-refractivity contribution in [2.24, 2.45) is 45.3 Å². The fraction of sp³-hybridized carbons (Fsp3) is 0.719. The van der Waals surface area contributed by atoms with Crippen LogP contribution in [0.15, 0.2) is 144 Å². The lowest BCUT2D eigenvalue weighted by molar-refractivity contribution is -0.347. The van der Waals surface area contributed by atoms with Gasteiger partial charge in [0, 0.05) is 58.4 Å². The minimum atomic E-state index is -6.06. The molecule has 123 heavy (non-hydrogen) atoms. The van der Waals surface area contributed by atoms with E-state index in [9.17, 15) is 82.5 Å². The summed E-state index contributed by atoms with van der Waals surface area (Å²) in [6.45, 7) is 34.8. The van der Waals surface area contributed by atoms with Gasteiger partial charge in [0.05, 0.1) is 35.6 Å². The first-order chi connectivity index (χ1) is 60.6. The summed E-state index contributed by atoms with van der Waals surface area (Å²) in [6, 6.07) is 19.8.